The summed E-state index contributed by atoms with van der Waals surface area (Å²) in [7, 11) is 0. The molecule has 0 saturated carbocycles. The Bertz CT molecular complexity index is 1010. The summed E-state index contributed by atoms with van der Waals surface area (Å²) >= 11 is 5.82. The third-order valence-corrected chi connectivity index (χ3v) is 4.08. The smallest absolute Gasteiger partial charge is 0.416 e. The summed E-state index contributed by atoms with van der Waals surface area (Å²) in [6, 6.07) is 5.60. The van der Waals surface area contributed by atoms with E-state index in [1.54, 1.807) is 6.92 Å². The monoisotopic (exact) mass is 461 g/mol. The van der Waals surface area contributed by atoms with E-state index in [2.05, 4.69) is 0 Å². The molecule has 0 N–H and O–H groups in total. The molecule has 0 aliphatic carbocycles. The predicted octanol–water partition coefficient (Wildman–Crippen LogP) is 5.17. The molecule has 1 atom stereocenters. The fourth-order valence-corrected chi connectivity index (χ4v) is 2.59. The predicted molar refractivity (Wildman–Crippen MR) is 101 cm³/mol. The molecule has 2 aromatic carbocycles. The van der Waals surface area contributed by atoms with Gasteiger partial charge < -0.3 is 14.2 Å². The van der Waals surface area contributed by atoms with Crippen LogP contribution in [0.25, 0.3) is 0 Å². The van der Waals surface area contributed by atoms with E-state index in [9.17, 15) is 32.9 Å². The maximum Gasteiger partial charge on any atom is 0.416 e. The van der Waals surface area contributed by atoms with Crippen LogP contribution in [0.15, 0.2) is 36.4 Å². The summed E-state index contributed by atoms with van der Waals surface area (Å²) in [5, 5.41) is 11.1. The third-order valence-electron chi connectivity index (χ3n) is 3.78. The van der Waals surface area contributed by atoms with Crippen LogP contribution in [0.1, 0.15) is 29.8 Å². The molecule has 2 rings (SSSR count). The number of para-hydroxylation sites is 1. The molecule has 0 saturated heterocycles. The minimum atomic E-state index is -4.65. The second-order valence-electron chi connectivity index (χ2n) is 5.95. The molecule has 0 aliphatic rings. The van der Waals surface area contributed by atoms with E-state index in [1.165, 1.54) is 13.0 Å². The van der Waals surface area contributed by atoms with Crippen LogP contribution >= 0.6 is 11.6 Å². The first kappa shape index (κ1) is 23.9. The molecule has 166 valence electrons. The first-order valence-electron chi connectivity index (χ1n) is 8.65. The topological polar surface area (TPSA) is 105 Å². The number of rotatable bonds is 7. The van der Waals surface area contributed by atoms with Crippen molar-refractivity contribution < 1.29 is 41.9 Å². The van der Waals surface area contributed by atoms with Gasteiger partial charge in [-0.3, -0.25) is 10.1 Å². The van der Waals surface area contributed by atoms with Gasteiger partial charge in [0, 0.05) is 0 Å². The van der Waals surface area contributed by atoms with E-state index >= 15 is 0 Å². The highest BCUT2D eigenvalue weighted by Gasteiger charge is 2.32. The molecule has 31 heavy (non-hydrogen) atoms. The zero-order chi connectivity index (χ0) is 23.3. The van der Waals surface area contributed by atoms with Crippen molar-refractivity contribution in [3.63, 3.8) is 0 Å². The summed E-state index contributed by atoms with van der Waals surface area (Å²) in [6.45, 7) is 2.81. The molecule has 0 heterocycles. The number of hydrogen-bond acceptors (Lipinski definition) is 7. The third kappa shape index (κ3) is 5.85. The van der Waals surface area contributed by atoms with Gasteiger partial charge >= 0.3 is 23.8 Å². The average molecular weight is 462 g/mol. The van der Waals surface area contributed by atoms with Crippen molar-refractivity contribution in [2.24, 2.45) is 0 Å². The fourth-order valence-electron chi connectivity index (χ4n) is 2.37. The van der Waals surface area contributed by atoms with E-state index in [1.807, 2.05) is 0 Å². The molecule has 1 unspecified atom stereocenters. The largest absolute Gasteiger partial charge is 0.463 e. The fraction of sp³-hybridized carbons (Fsp3) is 0.263. The van der Waals surface area contributed by atoms with Crippen molar-refractivity contribution >= 4 is 29.2 Å². The van der Waals surface area contributed by atoms with Crippen LogP contribution in [0.5, 0.6) is 11.5 Å². The van der Waals surface area contributed by atoms with Crippen LogP contribution in [0.3, 0.4) is 0 Å². The molecule has 0 amide bonds. The van der Waals surface area contributed by atoms with Crippen molar-refractivity contribution in [1.82, 2.24) is 0 Å². The molecule has 12 heteroatoms. The SMILES string of the molecule is CCOC(=O)C(C)OC(=O)c1cccc(Oc2ccc(C(F)(F)F)cc2Cl)c1[N+](=O)[O-]. The Balaban J connectivity index is 2.37. The number of halogens is 4. The van der Waals surface area contributed by atoms with Crippen molar-refractivity contribution in [2.75, 3.05) is 6.61 Å². The molecule has 0 aliphatic heterocycles. The average Bonchev–Trinajstić information content (AvgIpc) is 2.68. The normalized spacial score (nSPS) is 12.1. The van der Waals surface area contributed by atoms with Crippen molar-refractivity contribution in [3.05, 3.63) is 62.7 Å². The molecule has 0 spiro atoms. The van der Waals surface area contributed by atoms with Crippen LogP contribution in [0.4, 0.5) is 18.9 Å². The first-order valence-corrected chi connectivity index (χ1v) is 9.03. The first-order chi connectivity index (χ1) is 14.5. The molecule has 0 aromatic heterocycles. The van der Waals surface area contributed by atoms with Gasteiger partial charge in [-0.1, -0.05) is 17.7 Å². The van der Waals surface area contributed by atoms with Gasteiger partial charge in [0.05, 0.1) is 22.1 Å². The van der Waals surface area contributed by atoms with Crippen LogP contribution in [-0.2, 0) is 20.4 Å². The van der Waals surface area contributed by atoms with Crippen LogP contribution in [0.2, 0.25) is 5.02 Å². The van der Waals surface area contributed by atoms with Gasteiger partial charge in [-0.05, 0) is 44.2 Å². The summed E-state index contributed by atoms with van der Waals surface area (Å²) in [4.78, 5) is 34.6. The van der Waals surface area contributed by atoms with E-state index in [0.29, 0.717) is 12.1 Å². The molecule has 0 bridgehead atoms. The van der Waals surface area contributed by atoms with E-state index in [4.69, 9.17) is 25.8 Å². The number of nitrogens with zero attached hydrogens (tertiary/aromatic N) is 1. The Morgan fingerprint density at radius 1 is 1.19 bits per heavy atom. The van der Waals surface area contributed by atoms with Gasteiger partial charge in [0.25, 0.3) is 0 Å². The Hall–Kier alpha value is -3.34. The second-order valence-corrected chi connectivity index (χ2v) is 6.36. The molecular formula is C19H15ClF3NO7. The van der Waals surface area contributed by atoms with Gasteiger partial charge in [-0.15, -0.1) is 0 Å². The van der Waals surface area contributed by atoms with Gasteiger partial charge in [-0.25, -0.2) is 9.59 Å². The lowest BCUT2D eigenvalue weighted by molar-refractivity contribution is -0.386. The van der Waals surface area contributed by atoms with E-state index in [0.717, 1.165) is 18.2 Å². The van der Waals surface area contributed by atoms with Gasteiger partial charge in [0.15, 0.2) is 6.10 Å². The van der Waals surface area contributed by atoms with E-state index in [-0.39, 0.29) is 12.4 Å². The maximum absolute atomic E-state index is 12.8. The van der Waals surface area contributed by atoms with Crippen molar-refractivity contribution in [1.29, 1.82) is 0 Å². The summed E-state index contributed by atoms with van der Waals surface area (Å²) in [5.74, 6) is -2.81. The number of ether oxygens (including phenoxy) is 3. The highest BCUT2D eigenvalue weighted by Crippen LogP contribution is 2.39. The lowest BCUT2D eigenvalue weighted by atomic mass is 10.1. The number of carbonyl (C=O) groups is 2. The number of hydrogen-bond donors (Lipinski definition) is 0. The Labute approximate surface area is 178 Å². The second kappa shape index (κ2) is 9.65. The quantitative estimate of drug-likeness (QED) is 0.318. The van der Waals surface area contributed by atoms with Crippen LogP contribution in [0, 0.1) is 10.1 Å². The lowest BCUT2D eigenvalue weighted by Crippen LogP contribution is -2.26. The number of benzene rings is 2. The van der Waals surface area contributed by atoms with Crippen molar-refractivity contribution in [3.8, 4) is 11.5 Å². The molecular weight excluding hydrogens is 447 g/mol. The number of alkyl halides is 3. The highest BCUT2D eigenvalue weighted by molar-refractivity contribution is 6.32. The molecule has 2 aromatic rings. The Morgan fingerprint density at radius 2 is 1.87 bits per heavy atom. The van der Waals surface area contributed by atoms with E-state index < -0.39 is 56.7 Å². The van der Waals surface area contributed by atoms with Gasteiger partial charge in [0.1, 0.15) is 11.3 Å². The number of nitro benzene ring substituents is 1. The summed E-state index contributed by atoms with van der Waals surface area (Å²) < 4.78 is 53.2. The van der Waals surface area contributed by atoms with Crippen LogP contribution in [-0.4, -0.2) is 29.6 Å². The van der Waals surface area contributed by atoms with Crippen LogP contribution < -0.4 is 4.74 Å². The van der Waals surface area contributed by atoms with Gasteiger partial charge in [-0.2, -0.15) is 13.2 Å². The lowest BCUT2D eigenvalue weighted by Gasteiger charge is -2.14. The Kier molecular flexibility index (Phi) is 7.45. The minimum Gasteiger partial charge on any atom is -0.463 e. The zero-order valence-electron chi connectivity index (χ0n) is 16.1. The Morgan fingerprint density at radius 3 is 2.42 bits per heavy atom. The number of esters is 2. The number of nitro groups is 1. The molecule has 0 fully saturated rings. The van der Waals surface area contributed by atoms with Crippen molar-refractivity contribution in [2.45, 2.75) is 26.1 Å². The summed E-state index contributed by atoms with van der Waals surface area (Å²) in [6.07, 6.45) is -5.98. The highest BCUT2D eigenvalue weighted by atomic mass is 35.5. The minimum absolute atomic E-state index is 0.0398. The summed E-state index contributed by atoms with van der Waals surface area (Å²) in [5.41, 5.74) is -2.40. The zero-order valence-corrected chi connectivity index (χ0v) is 16.8. The maximum atomic E-state index is 12.8. The standard InChI is InChI=1S/C19H15ClF3NO7/c1-3-29-17(25)10(2)30-18(26)12-5-4-6-15(16(12)24(27)28)31-14-8-7-11(9-13(14)20)19(21,22)23/h4-10H,3H2,1-2H3. The molecule has 0 radical (unpaired) electrons. The number of carbonyl (C=O) groups excluding carboxylic acids is 2. The molecule has 8 nitrogen and oxygen atoms in total. The van der Waals surface area contributed by atoms with Gasteiger partial charge in [0.2, 0.25) is 5.75 Å².